The van der Waals surface area contributed by atoms with Crippen molar-refractivity contribution in [1.29, 1.82) is 0 Å². The first-order valence-electron chi connectivity index (χ1n) is 4.43. The topological polar surface area (TPSA) is 55.2 Å². The summed E-state index contributed by atoms with van der Waals surface area (Å²) >= 11 is 0. The molecule has 1 unspecified atom stereocenters. The summed E-state index contributed by atoms with van der Waals surface area (Å²) in [5.74, 6) is 0.731. The highest BCUT2D eigenvalue weighted by molar-refractivity contribution is 5.05. The van der Waals surface area contributed by atoms with Gasteiger partial charge in [-0.2, -0.15) is 0 Å². The maximum atomic E-state index is 8.78. The van der Waals surface area contributed by atoms with Gasteiger partial charge >= 0.3 is 0 Å². The Balaban J connectivity index is 2.12. The van der Waals surface area contributed by atoms with Crippen molar-refractivity contribution in [2.45, 2.75) is 25.6 Å². The maximum Gasteiger partial charge on any atom is 0.157 e. The summed E-state index contributed by atoms with van der Waals surface area (Å²) in [5, 5.41) is 8.78. The Morgan fingerprint density at radius 2 is 2.23 bits per heavy atom. The highest BCUT2D eigenvalue weighted by Gasteiger charge is 2.19. The number of nitrogens with zero attached hydrogens (tertiary/aromatic N) is 2. The van der Waals surface area contributed by atoms with Gasteiger partial charge in [-0.15, -0.1) is 0 Å². The molecule has 2 rings (SSSR count). The monoisotopic (exact) mass is 180 g/mol. The van der Waals surface area contributed by atoms with Gasteiger partial charge in [0.2, 0.25) is 0 Å². The third-order valence-corrected chi connectivity index (χ3v) is 2.13. The van der Waals surface area contributed by atoms with E-state index in [1.807, 2.05) is 0 Å². The molecule has 1 saturated heterocycles. The Labute approximate surface area is 76.6 Å². The normalized spacial score (nSPS) is 22.1. The van der Waals surface area contributed by atoms with Crippen molar-refractivity contribution in [3.8, 4) is 0 Å². The van der Waals surface area contributed by atoms with Gasteiger partial charge in [0.15, 0.2) is 5.82 Å². The van der Waals surface area contributed by atoms with E-state index in [0.717, 1.165) is 30.8 Å². The Kier molecular flexibility index (Phi) is 2.52. The van der Waals surface area contributed by atoms with Crippen molar-refractivity contribution >= 4 is 0 Å². The highest BCUT2D eigenvalue weighted by atomic mass is 16.5. The predicted molar refractivity (Wildman–Crippen MR) is 45.9 cm³/mol. The summed E-state index contributed by atoms with van der Waals surface area (Å²) in [5.41, 5.74) is 0.738. The molecule has 1 aromatic rings. The van der Waals surface area contributed by atoms with E-state index in [1.165, 1.54) is 0 Å². The van der Waals surface area contributed by atoms with Crippen LogP contribution in [0.3, 0.4) is 0 Å². The quantitative estimate of drug-likeness (QED) is 0.732. The number of hydrogen-bond donors (Lipinski definition) is 1. The second-order valence-corrected chi connectivity index (χ2v) is 3.11. The number of ether oxygens (including phenoxy) is 1. The minimum atomic E-state index is -0.00813. The van der Waals surface area contributed by atoms with Crippen molar-refractivity contribution < 1.29 is 9.84 Å². The lowest BCUT2D eigenvalue weighted by Crippen LogP contribution is -2.03. The molecule has 0 amide bonds. The van der Waals surface area contributed by atoms with Crippen LogP contribution in [0.5, 0.6) is 0 Å². The fourth-order valence-electron chi connectivity index (χ4n) is 1.39. The molecule has 1 aromatic heterocycles. The number of aliphatic hydroxyl groups is 1. The summed E-state index contributed by atoms with van der Waals surface area (Å²) in [4.78, 5) is 8.27. The molecule has 1 fully saturated rings. The molecule has 2 heterocycles. The number of aliphatic hydroxyl groups excluding tert-OH is 1. The van der Waals surface area contributed by atoms with E-state index in [9.17, 15) is 0 Å². The average molecular weight is 180 g/mol. The van der Waals surface area contributed by atoms with Crippen LogP contribution in [0.15, 0.2) is 12.4 Å². The number of hydrogen-bond acceptors (Lipinski definition) is 4. The minimum Gasteiger partial charge on any atom is -0.392 e. The van der Waals surface area contributed by atoms with Gasteiger partial charge in [0, 0.05) is 24.6 Å². The minimum absolute atomic E-state index is 0.00813. The van der Waals surface area contributed by atoms with E-state index in [-0.39, 0.29) is 12.7 Å². The van der Waals surface area contributed by atoms with Gasteiger partial charge in [-0.05, 0) is 12.8 Å². The second kappa shape index (κ2) is 3.81. The van der Waals surface area contributed by atoms with Crippen LogP contribution in [0.1, 0.15) is 30.3 Å². The number of aromatic nitrogens is 2. The van der Waals surface area contributed by atoms with Gasteiger partial charge in [-0.3, -0.25) is 0 Å². The molecule has 1 aliphatic rings. The van der Waals surface area contributed by atoms with E-state index >= 15 is 0 Å². The zero-order valence-electron chi connectivity index (χ0n) is 7.31. The van der Waals surface area contributed by atoms with Crippen LogP contribution in [0.2, 0.25) is 0 Å². The van der Waals surface area contributed by atoms with Gasteiger partial charge in [0.25, 0.3) is 0 Å². The molecule has 1 N–H and O–H groups in total. The molecular weight excluding hydrogens is 168 g/mol. The zero-order chi connectivity index (χ0) is 9.10. The van der Waals surface area contributed by atoms with Crippen LogP contribution in [0.25, 0.3) is 0 Å². The Bertz CT molecular complexity index is 267. The first-order valence-corrected chi connectivity index (χ1v) is 4.43. The maximum absolute atomic E-state index is 8.78. The third-order valence-electron chi connectivity index (χ3n) is 2.13. The molecular formula is C9H12N2O2. The number of rotatable bonds is 2. The molecule has 0 aromatic carbocycles. The molecule has 4 heteroatoms. The molecule has 1 aliphatic heterocycles. The molecule has 13 heavy (non-hydrogen) atoms. The van der Waals surface area contributed by atoms with Crippen LogP contribution in [-0.4, -0.2) is 21.7 Å². The Hall–Kier alpha value is -1.00. The van der Waals surface area contributed by atoms with Gasteiger partial charge in [-0.25, -0.2) is 9.97 Å². The summed E-state index contributed by atoms with van der Waals surface area (Å²) in [6, 6.07) is 0. The van der Waals surface area contributed by atoms with E-state index in [1.54, 1.807) is 12.4 Å². The lowest BCUT2D eigenvalue weighted by Gasteiger charge is -2.06. The van der Waals surface area contributed by atoms with Crippen molar-refractivity contribution in [2.24, 2.45) is 0 Å². The van der Waals surface area contributed by atoms with Crippen molar-refractivity contribution in [3.63, 3.8) is 0 Å². The molecule has 1 atom stereocenters. The molecule has 0 radical (unpaired) electrons. The zero-order valence-corrected chi connectivity index (χ0v) is 7.31. The first kappa shape index (κ1) is 8.59. The fraction of sp³-hybridized carbons (Fsp3) is 0.556. The predicted octanol–water partition coefficient (Wildman–Crippen LogP) is 0.820. The van der Waals surface area contributed by atoms with Gasteiger partial charge in [-0.1, -0.05) is 0 Å². The van der Waals surface area contributed by atoms with E-state index in [2.05, 4.69) is 9.97 Å². The third kappa shape index (κ3) is 1.84. The average Bonchev–Trinajstić information content (AvgIpc) is 2.71. The summed E-state index contributed by atoms with van der Waals surface area (Å²) in [6.07, 6.45) is 5.43. The van der Waals surface area contributed by atoms with E-state index in [0.29, 0.717) is 0 Å². The van der Waals surface area contributed by atoms with Crippen molar-refractivity contribution in [3.05, 3.63) is 23.8 Å². The van der Waals surface area contributed by atoms with E-state index < -0.39 is 0 Å². The van der Waals surface area contributed by atoms with Crippen molar-refractivity contribution in [2.75, 3.05) is 6.61 Å². The van der Waals surface area contributed by atoms with Gasteiger partial charge in [0.1, 0.15) is 6.10 Å². The summed E-state index contributed by atoms with van der Waals surface area (Å²) in [7, 11) is 0. The SMILES string of the molecule is OCc1cnc(C2CCCO2)nc1. The lowest BCUT2D eigenvalue weighted by atomic mass is 10.2. The summed E-state index contributed by atoms with van der Waals surface area (Å²) in [6.45, 7) is 0.793. The Morgan fingerprint density at radius 1 is 1.46 bits per heavy atom. The van der Waals surface area contributed by atoms with Crippen LogP contribution in [-0.2, 0) is 11.3 Å². The Morgan fingerprint density at radius 3 is 2.77 bits per heavy atom. The standard InChI is InChI=1S/C9H12N2O2/c12-6-7-4-10-9(11-5-7)8-2-1-3-13-8/h4-5,8,12H,1-3,6H2. The second-order valence-electron chi connectivity index (χ2n) is 3.11. The summed E-state index contributed by atoms with van der Waals surface area (Å²) < 4.78 is 5.42. The van der Waals surface area contributed by atoms with Crippen LogP contribution in [0, 0.1) is 0 Å². The molecule has 0 aliphatic carbocycles. The lowest BCUT2D eigenvalue weighted by molar-refractivity contribution is 0.105. The largest absolute Gasteiger partial charge is 0.392 e. The van der Waals surface area contributed by atoms with Crippen LogP contribution in [0.4, 0.5) is 0 Å². The molecule has 0 spiro atoms. The molecule has 4 nitrogen and oxygen atoms in total. The first-order chi connectivity index (χ1) is 6.40. The van der Waals surface area contributed by atoms with Crippen LogP contribution < -0.4 is 0 Å². The molecule has 70 valence electrons. The van der Waals surface area contributed by atoms with Crippen molar-refractivity contribution in [1.82, 2.24) is 9.97 Å². The van der Waals surface area contributed by atoms with Crippen LogP contribution >= 0.6 is 0 Å². The van der Waals surface area contributed by atoms with Gasteiger partial charge < -0.3 is 9.84 Å². The molecule has 0 saturated carbocycles. The highest BCUT2D eigenvalue weighted by Crippen LogP contribution is 2.25. The van der Waals surface area contributed by atoms with E-state index in [4.69, 9.17) is 9.84 Å². The van der Waals surface area contributed by atoms with Gasteiger partial charge in [0.05, 0.1) is 6.61 Å². The fourth-order valence-corrected chi connectivity index (χ4v) is 1.39. The smallest absolute Gasteiger partial charge is 0.157 e. The molecule has 0 bridgehead atoms.